The number of fused-ring (bicyclic) bond motifs is 1. The highest BCUT2D eigenvalue weighted by Gasteiger charge is 2.20. The molecule has 0 saturated heterocycles. The van der Waals surface area contributed by atoms with Crippen molar-refractivity contribution >= 4 is 17.1 Å². The molecule has 0 saturated carbocycles. The minimum Gasteiger partial charge on any atom is -0.389 e. The van der Waals surface area contributed by atoms with Gasteiger partial charge in [0, 0.05) is 25.8 Å². The Bertz CT molecular complexity index is 592. The lowest BCUT2D eigenvalue weighted by Crippen LogP contribution is -2.36. The quantitative estimate of drug-likeness (QED) is 0.905. The highest BCUT2D eigenvalue weighted by atomic mass is 16.3. The molecule has 20 heavy (non-hydrogen) atoms. The van der Waals surface area contributed by atoms with Gasteiger partial charge in [0.05, 0.1) is 17.5 Å². The normalized spacial score (nSPS) is 15.9. The zero-order chi connectivity index (χ0) is 14.1. The van der Waals surface area contributed by atoms with Gasteiger partial charge in [-0.15, -0.1) is 0 Å². The Morgan fingerprint density at radius 1 is 0.950 bits per heavy atom. The third kappa shape index (κ3) is 2.25. The standard InChI is InChI=1S/C17H20N2O/c1-13(20)14-7-9-15(10-8-14)19-12-11-18(2)16-5-3-4-6-17(16)19/h3-10,13,20H,11-12H2,1-2H3/t13-/m0/s1. The van der Waals surface area contributed by atoms with E-state index in [0.717, 1.165) is 18.7 Å². The van der Waals surface area contributed by atoms with Crippen LogP contribution in [0.3, 0.4) is 0 Å². The van der Waals surface area contributed by atoms with Crippen molar-refractivity contribution in [2.45, 2.75) is 13.0 Å². The van der Waals surface area contributed by atoms with Gasteiger partial charge < -0.3 is 14.9 Å². The molecule has 0 aliphatic carbocycles. The van der Waals surface area contributed by atoms with Gasteiger partial charge in [0.2, 0.25) is 0 Å². The van der Waals surface area contributed by atoms with Gasteiger partial charge in [-0.3, -0.25) is 0 Å². The van der Waals surface area contributed by atoms with Gasteiger partial charge in [0.25, 0.3) is 0 Å². The predicted octanol–water partition coefficient (Wildman–Crippen LogP) is 3.33. The molecule has 3 nitrogen and oxygen atoms in total. The van der Waals surface area contributed by atoms with E-state index in [2.05, 4.69) is 53.2 Å². The molecule has 104 valence electrons. The molecule has 2 aromatic carbocycles. The minimum atomic E-state index is -0.413. The number of para-hydroxylation sites is 2. The molecule has 2 aromatic rings. The van der Waals surface area contributed by atoms with Crippen molar-refractivity contribution < 1.29 is 5.11 Å². The fraction of sp³-hybridized carbons (Fsp3) is 0.294. The predicted molar refractivity (Wildman–Crippen MR) is 83.8 cm³/mol. The zero-order valence-corrected chi connectivity index (χ0v) is 12.0. The Morgan fingerprint density at radius 2 is 1.60 bits per heavy atom. The van der Waals surface area contributed by atoms with Crippen molar-refractivity contribution in [2.24, 2.45) is 0 Å². The number of aliphatic hydroxyl groups excluding tert-OH is 1. The lowest BCUT2D eigenvalue weighted by Gasteiger charge is -2.37. The third-order valence-electron chi connectivity index (χ3n) is 3.93. The molecule has 1 N–H and O–H groups in total. The van der Waals surface area contributed by atoms with Gasteiger partial charge in [-0.1, -0.05) is 24.3 Å². The second-order valence-corrected chi connectivity index (χ2v) is 5.33. The molecule has 1 aliphatic heterocycles. The lowest BCUT2D eigenvalue weighted by atomic mass is 10.1. The number of aliphatic hydroxyl groups is 1. The van der Waals surface area contributed by atoms with E-state index in [1.807, 2.05) is 12.1 Å². The molecule has 0 fully saturated rings. The summed E-state index contributed by atoms with van der Waals surface area (Å²) in [6.07, 6.45) is -0.413. The van der Waals surface area contributed by atoms with E-state index in [-0.39, 0.29) is 0 Å². The monoisotopic (exact) mass is 268 g/mol. The summed E-state index contributed by atoms with van der Waals surface area (Å²) in [4.78, 5) is 4.62. The first-order valence-corrected chi connectivity index (χ1v) is 7.02. The van der Waals surface area contributed by atoms with Crippen molar-refractivity contribution in [3.63, 3.8) is 0 Å². The van der Waals surface area contributed by atoms with E-state index in [1.165, 1.54) is 17.1 Å². The van der Waals surface area contributed by atoms with Gasteiger partial charge in [-0.2, -0.15) is 0 Å². The topological polar surface area (TPSA) is 26.7 Å². The summed E-state index contributed by atoms with van der Waals surface area (Å²) in [5.41, 5.74) is 4.63. The molecule has 3 heteroatoms. The van der Waals surface area contributed by atoms with Gasteiger partial charge in [-0.05, 0) is 36.8 Å². The number of hydrogen-bond acceptors (Lipinski definition) is 3. The maximum atomic E-state index is 9.60. The van der Waals surface area contributed by atoms with Crippen LogP contribution in [-0.2, 0) is 0 Å². The fourth-order valence-electron chi connectivity index (χ4n) is 2.71. The molecule has 0 unspecified atom stereocenters. The Balaban J connectivity index is 1.97. The van der Waals surface area contributed by atoms with E-state index in [4.69, 9.17) is 0 Å². The molecular weight excluding hydrogens is 248 g/mol. The molecule has 1 aliphatic rings. The molecule has 1 heterocycles. The van der Waals surface area contributed by atoms with Crippen LogP contribution in [0, 0.1) is 0 Å². The van der Waals surface area contributed by atoms with Crippen molar-refractivity contribution in [2.75, 3.05) is 29.9 Å². The van der Waals surface area contributed by atoms with E-state index in [9.17, 15) is 5.11 Å². The Hall–Kier alpha value is -2.00. The van der Waals surface area contributed by atoms with Crippen molar-refractivity contribution in [3.8, 4) is 0 Å². The second-order valence-electron chi connectivity index (χ2n) is 5.33. The summed E-state index contributed by atoms with van der Waals surface area (Å²) in [5, 5.41) is 9.60. The van der Waals surface area contributed by atoms with Gasteiger partial charge >= 0.3 is 0 Å². The number of benzene rings is 2. The molecular formula is C17H20N2O. The van der Waals surface area contributed by atoms with Crippen LogP contribution in [-0.4, -0.2) is 25.2 Å². The van der Waals surface area contributed by atoms with E-state index >= 15 is 0 Å². The Kier molecular flexibility index (Phi) is 3.36. The Morgan fingerprint density at radius 3 is 2.25 bits per heavy atom. The average molecular weight is 268 g/mol. The number of hydrogen-bond donors (Lipinski definition) is 1. The maximum absolute atomic E-state index is 9.60. The number of likely N-dealkylation sites (N-methyl/N-ethyl adjacent to an activating group) is 1. The summed E-state index contributed by atoms with van der Waals surface area (Å²) in [6.45, 7) is 3.77. The molecule has 0 bridgehead atoms. The van der Waals surface area contributed by atoms with Crippen LogP contribution in [0.4, 0.5) is 17.1 Å². The van der Waals surface area contributed by atoms with E-state index in [1.54, 1.807) is 6.92 Å². The SMILES string of the molecule is C[C@H](O)c1ccc(N2CCN(C)c3ccccc32)cc1. The van der Waals surface area contributed by atoms with Gasteiger partial charge in [0.15, 0.2) is 0 Å². The zero-order valence-electron chi connectivity index (χ0n) is 12.0. The summed E-state index contributed by atoms with van der Waals surface area (Å²) < 4.78 is 0. The van der Waals surface area contributed by atoms with Crippen LogP contribution in [0.5, 0.6) is 0 Å². The maximum Gasteiger partial charge on any atom is 0.0761 e. The summed E-state index contributed by atoms with van der Waals surface area (Å²) in [5.74, 6) is 0. The molecule has 0 amide bonds. The van der Waals surface area contributed by atoms with Crippen LogP contribution < -0.4 is 9.80 Å². The van der Waals surface area contributed by atoms with Gasteiger partial charge in [-0.25, -0.2) is 0 Å². The average Bonchev–Trinajstić information content (AvgIpc) is 2.48. The first-order chi connectivity index (χ1) is 9.66. The molecule has 0 radical (unpaired) electrons. The smallest absolute Gasteiger partial charge is 0.0761 e. The first-order valence-electron chi connectivity index (χ1n) is 7.02. The largest absolute Gasteiger partial charge is 0.389 e. The molecule has 3 rings (SSSR count). The summed E-state index contributed by atoms with van der Waals surface area (Å²) >= 11 is 0. The van der Waals surface area contributed by atoms with Crippen LogP contribution in [0.1, 0.15) is 18.6 Å². The molecule has 0 spiro atoms. The van der Waals surface area contributed by atoms with Crippen molar-refractivity contribution in [1.82, 2.24) is 0 Å². The molecule has 0 aromatic heterocycles. The van der Waals surface area contributed by atoms with Crippen LogP contribution in [0.15, 0.2) is 48.5 Å². The van der Waals surface area contributed by atoms with Crippen LogP contribution in [0.2, 0.25) is 0 Å². The fourth-order valence-corrected chi connectivity index (χ4v) is 2.71. The van der Waals surface area contributed by atoms with E-state index in [0.29, 0.717) is 0 Å². The van der Waals surface area contributed by atoms with E-state index < -0.39 is 6.10 Å². The number of rotatable bonds is 2. The second kappa shape index (κ2) is 5.17. The Labute approximate surface area is 120 Å². The third-order valence-corrected chi connectivity index (χ3v) is 3.93. The lowest BCUT2D eigenvalue weighted by molar-refractivity contribution is 0.199. The number of anilines is 3. The minimum absolute atomic E-state index is 0.413. The van der Waals surface area contributed by atoms with Crippen molar-refractivity contribution in [1.29, 1.82) is 0 Å². The van der Waals surface area contributed by atoms with Crippen LogP contribution >= 0.6 is 0 Å². The number of nitrogens with zero attached hydrogens (tertiary/aromatic N) is 2. The van der Waals surface area contributed by atoms with Crippen LogP contribution in [0.25, 0.3) is 0 Å². The van der Waals surface area contributed by atoms with Gasteiger partial charge in [0.1, 0.15) is 0 Å². The summed E-state index contributed by atoms with van der Waals surface area (Å²) in [6, 6.07) is 16.7. The highest BCUT2D eigenvalue weighted by molar-refractivity contribution is 5.79. The molecule has 1 atom stereocenters. The highest BCUT2D eigenvalue weighted by Crippen LogP contribution is 2.36. The first kappa shape index (κ1) is 13.0. The summed E-state index contributed by atoms with van der Waals surface area (Å²) in [7, 11) is 2.13. The van der Waals surface area contributed by atoms with Crippen molar-refractivity contribution in [3.05, 3.63) is 54.1 Å².